The van der Waals surface area contributed by atoms with Crippen molar-refractivity contribution in [3.05, 3.63) is 83.1 Å². The first kappa shape index (κ1) is 48.1. The quantitative estimate of drug-likeness (QED) is 0.109. The minimum Gasteiger partial charge on any atom is -0.347 e. The molecule has 5 N–H and O–H groups in total. The van der Waals surface area contributed by atoms with Crippen molar-refractivity contribution in [3.8, 4) is 0 Å². The van der Waals surface area contributed by atoms with Gasteiger partial charge in [0, 0.05) is 86.0 Å². The molecule has 68 heavy (non-hydrogen) atoms. The molecule has 15 heteroatoms. The first-order chi connectivity index (χ1) is 32.9. The lowest BCUT2D eigenvalue weighted by Crippen LogP contribution is -2.57. The molecule has 6 heterocycles. The largest absolute Gasteiger partial charge is 0.347 e. The fraction of sp³-hybridized carbons (Fsp3) is 0.566. The maximum absolute atomic E-state index is 13.1. The molecule has 0 aromatic heterocycles. The third kappa shape index (κ3) is 11.9. The number of carbonyl (C=O) groups is 5. The van der Waals surface area contributed by atoms with Crippen LogP contribution in [0.2, 0.25) is 0 Å². The third-order valence-corrected chi connectivity index (χ3v) is 16.5. The van der Waals surface area contributed by atoms with E-state index in [1.54, 1.807) is 17.8 Å². The molecule has 3 saturated heterocycles. The van der Waals surface area contributed by atoms with Crippen LogP contribution in [0, 0.1) is 11.3 Å². The highest BCUT2D eigenvalue weighted by molar-refractivity contribution is 8.14. The van der Waals surface area contributed by atoms with Gasteiger partial charge in [-0.3, -0.25) is 44.2 Å². The van der Waals surface area contributed by atoms with Gasteiger partial charge in [-0.15, -0.1) is 0 Å². The van der Waals surface area contributed by atoms with E-state index < -0.39 is 11.9 Å². The molecule has 2 aromatic rings. The van der Waals surface area contributed by atoms with Crippen LogP contribution in [-0.4, -0.2) is 112 Å². The van der Waals surface area contributed by atoms with Gasteiger partial charge in [0.25, 0.3) is 11.8 Å². The second-order valence-corrected chi connectivity index (χ2v) is 21.9. The van der Waals surface area contributed by atoms with Crippen LogP contribution in [0.1, 0.15) is 131 Å². The molecular formula is C53H69N9O5S. The highest BCUT2D eigenvalue weighted by Crippen LogP contribution is 2.48. The summed E-state index contributed by atoms with van der Waals surface area (Å²) in [5, 5.41) is 9.49. The summed E-state index contributed by atoms with van der Waals surface area (Å²) < 4.78 is 0. The molecule has 362 valence electrons. The van der Waals surface area contributed by atoms with Crippen molar-refractivity contribution in [2.75, 3.05) is 44.6 Å². The predicted molar refractivity (Wildman–Crippen MR) is 267 cm³/mol. The standard InChI is InChI=1S/C53H69N9O5S/c1-52(54)23-26-61(27-24-52)41-9-7-12-48(56-32-41)68-42-10-6-8-40(29-42)58-46(63)11-4-2-3-5-25-60-34-53(35-60)21-19-37(20-22-53)38-14-16-44(55-31-38)49(65)57-30-36-13-15-43-39(28-36)33-62(51(43)67)45-17-18-47(64)59-50(45)66/h6-8,10,12-13,15,28-29,31,37,41,45H,2-5,9,11,14,16-27,30,32-35,54H2,1H3,(H,57,65)(H,58,63)(H,59,64,66). The van der Waals surface area contributed by atoms with Crippen molar-refractivity contribution in [1.29, 1.82) is 0 Å². The van der Waals surface area contributed by atoms with Crippen molar-refractivity contribution in [1.82, 2.24) is 25.3 Å². The van der Waals surface area contributed by atoms with E-state index in [-0.39, 0.29) is 35.6 Å². The number of nitrogens with zero attached hydrogens (tertiary/aromatic N) is 5. The Bertz CT molecular complexity index is 2370. The number of hydrogen-bond acceptors (Lipinski definition) is 11. The van der Waals surface area contributed by atoms with E-state index in [4.69, 9.17) is 10.7 Å². The smallest absolute Gasteiger partial charge is 0.265 e. The number of fused-ring (bicyclic) bond motifs is 1. The Hall–Kier alpha value is -4.96. The van der Waals surface area contributed by atoms with Gasteiger partial charge in [-0.05, 0) is 149 Å². The molecule has 2 aromatic carbocycles. The average molecular weight is 944 g/mol. The summed E-state index contributed by atoms with van der Waals surface area (Å²) in [5.74, 6) is -0.494. The lowest BCUT2D eigenvalue weighted by molar-refractivity contribution is -0.137. The highest BCUT2D eigenvalue weighted by Gasteiger charge is 2.45. The predicted octanol–water partition coefficient (Wildman–Crippen LogP) is 6.90. The zero-order valence-electron chi connectivity index (χ0n) is 39.7. The molecule has 6 aliphatic heterocycles. The van der Waals surface area contributed by atoms with Gasteiger partial charge in [0.05, 0.1) is 11.6 Å². The van der Waals surface area contributed by atoms with Crippen LogP contribution in [0.3, 0.4) is 0 Å². The number of unbranched alkanes of at least 4 members (excludes halogenated alkanes) is 3. The van der Waals surface area contributed by atoms with Gasteiger partial charge in [0.2, 0.25) is 17.7 Å². The SMILES string of the molecule is CC1(N)CCN(C2CC=CC(Sc3cccc(NC(=O)CCCCCCN4CC5(CCC(C6=CN=C(C(=O)NCc7ccc8c(c7)CN(C7CCC(=O)NC7=O)C8=O)CC6)CC5)C4)c3)=NC2)CC1. The number of benzene rings is 2. The summed E-state index contributed by atoms with van der Waals surface area (Å²) in [7, 11) is 0. The van der Waals surface area contributed by atoms with Gasteiger partial charge < -0.3 is 26.2 Å². The summed E-state index contributed by atoms with van der Waals surface area (Å²) >= 11 is 1.66. The number of aliphatic imine (C=N–C) groups is 2. The molecule has 2 unspecified atom stereocenters. The molecule has 1 aliphatic carbocycles. The molecule has 7 aliphatic rings. The molecule has 5 amide bonds. The van der Waals surface area contributed by atoms with Crippen LogP contribution in [0.15, 0.2) is 81.3 Å². The Kier molecular flexibility index (Phi) is 15.1. The number of likely N-dealkylation sites (tertiary alicyclic amines) is 2. The summed E-state index contributed by atoms with van der Waals surface area (Å²) in [6.45, 7) is 9.16. The van der Waals surface area contributed by atoms with Crippen molar-refractivity contribution in [3.63, 3.8) is 0 Å². The van der Waals surface area contributed by atoms with Crippen LogP contribution in [0.25, 0.3) is 0 Å². The maximum Gasteiger partial charge on any atom is 0.265 e. The lowest BCUT2D eigenvalue weighted by Gasteiger charge is -2.54. The molecule has 1 saturated carbocycles. The molecule has 4 fully saturated rings. The minimum absolute atomic E-state index is 0.0477. The maximum atomic E-state index is 13.1. The lowest BCUT2D eigenvalue weighted by atomic mass is 9.64. The number of nitrogens with one attached hydrogen (secondary N) is 3. The number of nitrogens with two attached hydrogens (primary N) is 1. The van der Waals surface area contributed by atoms with Gasteiger partial charge in [-0.25, -0.2) is 0 Å². The summed E-state index contributed by atoms with van der Waals surface area (Å²) in [4.78, 5) is 80.4. The topological polar surface area (TPSA) is 182 Å². The normalized spacial score (nSPS) is 24.1. The van der Waals surface area contributed by atoms with E-state index >= 15 is 0 Å². The van der Waals surface area contributed by atoms with E-state index in [0.29, 0.717) is 61.0 Å². The zero-order chi connectivity index (χ0) is 47.3. The van der Waals surface area contributed by atoms with Crippen molar-refractivity contribution in [2.45, 2.75) is 145 Å². The number of allylic oxidation sites excluding steroid dienone is 1. The monoisotopic (exact) mass is 944 g/mol. The fourth-order valence-electron chi connectivity index (χ4n) is 11.4. The van der Waals surface area contributed by atoms with E-state index in [1.807, 2.05) is 30.5 Å². The van der Waals surface area contributed by atoms with Gasteiger partial charge in [-0.1, -0.05) is 48.9 Å². The molecule has 1 spiro atoms. The molecule has 0 bridgehead atoms. The summed E-state index contributed by atoms with van der Waals surface area (Å²) in [6.07, 6.45) is 21.1. The van der Waals surface area contributed by atoms with Gasteiger partial charge in [-0.2, -0.15) is 0 Å². The number of imide groups is 1. The Labute approximate surface area is 405 Å². The van der Waals surface area contributed by atoms with Gasteiger partial charge >= 0.3 is 0 Å². The van der Waals surface area contributed by atoms with E-state index in [0.717, 1.165) is 97.9 Å². The second-order valence-electron chi connectivity index (χ2n) is 20.8. The van der Waals surface area contributed by atoms with Crippen molar-refractivity contribution >= 4 is 57.7 Å². The van der Waals surface area contributed by atoms with Crippen molar-refractivity contribution in [2.24, 2.45) is 27.1 Å². The number of piperidine rings is 2. The second kappa shape index (κ2) is 21.4. The Morgan fingerprint density at radius 1 is 0.941 bits per heavy atom. The Morgan fingerprint density at radius 3 is 2.53 bits per heavy atom. The third-order valence-electron chi connectivity index (χ3n) is 15.6. The highest BCUT2D eigenvalue weighted by atomic mass is 32.2. The number of anilines is 1. The summed E-state index contributed by atoms with van der Waals surface area (Å²) in [5.41, 5.74) is 11.8. The fourth-order valence-corrected chi connectivity index (χ4v) is 12.2. The number of thioether (sulfide) groups is 1. The van der Waals surface area contributed by atoms with Crippen molar-refractivity contribution < 1.29 is 24.0 Å². The molecular weight excluding hydrogens is 875 g/mol. The first-order valence-electron chi connectivity index (χ1n) is 25.2. The molecule has 9 rings (SSSR count). The van der Waals surface area contributed by atoms with Crippen LogP contribution in [-0.2, 0) is 32.3 Å². The number of amides is 5. The Balaban J connectivity index is 0.622. The number of hydrogen-bond donors (Lipinski definition) is 4. The molecule has 0 radical (unpaired) electrons. The van der Waals surface area contributed by atoms with Crippen LogP contribution >= 0.6 is 11.8 Å². The Morgan fingerprint density at radius 2 is 1.75 bits per heavy atom. The van der Waals surface area contributed by atoms with E-state index in [9.17, 15) is 24.0 Å². The summed E-state index contributed by atoms with van der Waals surface area (Å²) in [6, 6.07) is 13.4. The zero-order valence-corrected chi connectivity index (χ0v) is 40.6. The minimum atomic E-state index is -0.653. The van der Waals surface area contributed by atoms with Gasteiger partial charge in [0.15, 0.2) is 0 Å². The number of carbonyl (C=O) groups excluding carboxylic acids is 5. The van der Waals surface area contributed by atoms with Crippen LogP contribution in [0.5, 0.6) is 0 Å². The first-order valence-corrected chi connectivity index (χ1v) is 26.0. The van der Waals surface area contributed by atoms with Gasteiger partial charge in [0.1, 0.15) is 11.8 Å². The van der Waals surface area contributed by atoms with Crippen LogP contribution in [0.4, 0.5) is 5.69 Å². The molecule has 2 atom stereocenters. The average Bonchev–Trinajstić information content (AvgIpc) is 3.46. The van der Waals surface area contributed by atoms with E-state index in [2.05, 4.69) is 62.0 Å². The van der Waals surface area contributed by atoms with Crippen LogP contribution < -0.4 is 21.7 Å². The molecule has 14 nitrogen and oxygen atoms in total. The number of rotatable bonds is 15. The van der Waals surface area contributed by atoms with E-state index in [1.165, 1.54) is 55.7 Å².